The number of rotatable bonds is 6. The van der Waals surface area contributed by atoms with E-state index in [1.807, 2.05) is 23.9 Å². The van der Waals surface area contributed by atoms with Gasteiger partial charge in [0.1, 0.15) is 5.75 Å². The van der Waals surface area contributed by atoms with Gasteiger partial charge in [-0.15, -0.1) is 0 Å². The Morgan fingerprint density at radius 2 is 2.19 bits per heavy atom. The summed E-state index contributed by atoms with van der Waals surface area (Å²) in [5.74, 6) is 6.62. The minimum atomic E-state index is -0.0222. The van der Waals surface area contributed by atoms with E-state index < -0.39 is 0 Å². The van der Waals surface area contributed by atoms with E-state index in [0.717, 1.165) is 40.0 Å². The number of nitrogens with zero attached hydrogens (tertiary/aromatic N) is 2. The average molecular weight is 353 g/mol. The first-order chi connectivity index (χ1) is 10.1. The van der Waals surface area contributed by atoms with Gasteiger partial charge in [0.25, 0.3) is 0 Å². The van der Waals surface area contributed by atoms with E-state index in [0.29, 0.717) is 0 Å². The Bertz CT molecular complexity index is 612. The molecule has 6 heteroatoms. The molecule has 1 aromatic heterocycles. The second kappa shape index (κ2) is 7.06. The number of benzene rings is 1. The summed E-state index contributed by atoms with van der Waals surface area (Å²) < 4.78 is 8.33. The van der Waals surface area contributed by atoms with Crippen molar-refractivity contribution >= 4 is 15.9 Å². The predicted octanol–water partition coefficient (Wildman–Crippen LogP) is 2.50. The molecule has 0 bridgehead atoms. The highest BCUT2D eigenvalue weighted by Gasteiger charge is 2.18. The molecule has 1 heterocycles. The molecule has 0 amide bonds. The van der Waals surface area contributed by atoms with Crippen LogP contribution in [0.25, 0.3) is 0 Å². The van der Waals surface area contributed by atoms with Gasteiger partial charge in [-0.2, -0.15) is 5.10 Å². The van der Waals surface area contributed by atoms with Crippen LogP contribution in [0.4, 0.5) is 0 Å². The number of methoxy groups -OCH3 is 1. The summed E-state index contributed by atoms with van der Waals surface area (Å²) in [4.78, 5) is 0. The highest BCUT2D eigenvalue weighted by atomic mass is 79.9. The Morgan fingerprint density at radius 3 is 2.76 bits per heavy atom. The molecular weight excluding hydrogens is 332 g/mol. The van der Waals surface area contributed by atoms with Gasteiger partial charge >= 0.3 is 0 Å². The first-order valence-electron chi connectivity index (χ1n) is 6.90. The quantitative estimate of drug-likeness (QED) is 0.619. The first-order valence-corrected chi connectivity index (χ1v) is 7.69. The van der Waals surface area contributed by atoms with Crippen molar-refractivity contribution in [1.82, 2.24) is 15.2 Å². The molecule has 0 aliphatic heterocycles. The van der Waals surface area contributed by atoms with Crippen LogP contribution in [-0.4, -0.2) is 16.9 Å². The van der Waals surface area contributed by atoms with Crippen LogP contribution in [0.2, 0.25) is 0 Å². The van der Waals surface area contributed by atoms with Gasteiger partial charge in [0.15, 0.2) is 0 Å². The fraction of sp³-hybridized carbons (Fsp3) is 0.400. The second-order valence-corrected chi connectivity index (χ2v) is 5.83. The molecule has 114 valence electrons. The zero-order valence-corrected chi connectivity index (χ0v) is 14.1. The molecule has 1 aromatic carbocycles. The van der Waals surface area contributed by atoms with E-state index in [-0.39, 0.29) is 6.04 Å². The van der Waals surface area contributed by atoms with Crippen molar-refractivity contribution in [3.63, 3.8) is 0 Å². The van der Waals surface area contributed by atoms with E-state index >= 15 is 0 Å². The van der Waals surface area contributed by atoms with E-state index in [2.05, 4.69) is 45.5 Å². The zero-order chi connectivity index (χ0) is 15.4. The van der Waals surface area contributed by atoms with Gasteiger partial charge in [0, 0.05) is 11.5 Å². The lowest BCUT2D eigenvalue weighted by Gasteiger charge is -2.18. The van der Waals surface area contributed by atoms with Crippen molar-refractivity contribution in [2.45, 2.75) is 25.8 Å². The standard InChI is InChI=1S/C15H21BrN4O/c1-4-12-9-14(20(2)19-12)13(18-17)8-10-7-11(16)5-6-15(10)21-3/h5-7,9,13,18H,4,8,17H2,1-3H3. The summed E-state index contributed by atoms with van der Waals surface area (Å²) in [7, 11) is 3.62. The summed E-state index contributed by atoms with van der Waals surface area (Å²) in [5.41, 5.74) is 6.11. The fourth-order valence-electron chi connectivity index (χ4n) is 2.42. The predicted molar refractivity (Wildman–Crippen MR) is 87.0 cm³/mol. The Balaban J connectivity index is 2.30. The fourth-order valence-corrected chi connectivity index (χ4v) is 2.83. The molecule has 0 saturated heterocycles. The maximum absolute atomic E-state index is 5.76. The lowest BCUT2D eigenvalue weighted by atomic mass is 10.0. The maximum atomic E-state index is 5.76. The van der Waals surface area contributed by atoms with Crippen LogP contribution >= 0.6 is 15.9 Å². The van der Waals surface area contributed by atoms with Gasteiger partial charge in [-0.3, -0.25) is 16.0 Å². The number of halogens is 1. The Morgan fingerprint density at radius 1 is 1.43 bits per heavy atom. The summed E-state index contributed by atoms with van der Waals surface area (Å²) in [6, 6.07) is 8.04. The average Bonchev–Trinajstić information content (AvgIpc) is 2.86. The highest BCUT2D eigenvalue weighted by Crippen LogP contribution is 2.28. The molecule has 1 unspecified atom stereocenters. The zero-order valence-electron chi connectivity index (χ0n) is 12.6. The summed E-state index contributed by atoms with van der Waals surface area (Å²) in [5, 5.41) is 4.48. The maximum Gasteiger partial charge on any atom is 0.122 e. The molecular formula is C15H21BrN4O. The van der Waals surface area contributed by atoms with Gasteiger partial charge in [-0.05, 0) is 42.7 Å². The molecule has 0 saturated carbocycles. The second-order valence-electron chi connectivity index (χ2n) is 4.92. The van der Waals surface area contributed by atoms with Gasteiger partial charge < -0.3 is 4.74 Å². The minimum absolute atomic E-state index is 0.0222. The van der Waals surface area contributed by atoms with Crippen LogP contribution in [0.5, 0.6) is 5.75 Å². The first kappa shape index (κ1) is 16.0. The molecule has 0 aliphatic carbocycles. The Kier molecular flexibility index (Phi) is 5.39. The normalized spacial score (nSPS) is 12.4. The monoisotopic (exact) mass is 352 g/mol. The SMILES string of the molecule is CCc1cc(C(Cc2cc(Br)ccc2OC)NN)n(C)n1. The molecule has 2 aromatic rings. The molecule has 0 fully saturated rings. The van der Waals surface area contributed by atoms with Crippen molar-refractivity contribution in [3.8, 4) is 5.75 Å². The van der Waals surface area contributed by atoms with E-state index in [1.165, 1.54) is 0 Å². The van der Waals surface area contributed by atoms with Crippen LogP contribution in [0.15, 0.2) is 28.7 Å². The van der Waals surface area contributed by atoms with Crippen LogP contribution in [0.3, 0.4) is 0 Å². The Hall–Kier alpha value is -1.37. The molecule has 1 atom stereocenters. The summed E-state index contributed by atoms with van der Waals surface area (Å²) in [6.45, 7) is 2.09. The van der Waals surface area contributed by atoms with Crippen molar-refractivity contribution in [2.75, 3.05) is 7.11 Å². The molecule has 0 spiro atoms. The van der Waals surface area contributed by atoms with E-state index in [1.54, 1.807) is 7.11 Å². The van der Waals surface area contributed by atoms with Gasteiger partial charge in [0.05, 0.1) is 24.5 Å². The minimum Gasteiger partial charge on any atom is -0.496 e. The number of aryl methyl sites for hydroxylation is 2. The number of aromatic nitrogens is 2. The topological polar surface area (TPSA) is 65.1 Å². The van der Waals surface area contributed by atoms with Gasteiger partial charge in [-0.1, -0.05) is 22.9 Å². The number of nitrogens with one attached hydrogen (secondary N) is 1. The third kappa shape index (κ3) is 3.64. The van der Waals surface area contributed by atoms with Crippen LogP contribution in [0.1, 0.15) is 29.9 Å². The third-order valence-corrected chi connectivity index (χ3v) is 4.05. The van der Waals surface area contributed by atoms with Crippen molar-refractivity contribution in [2.24, 2.45) is 12.9 Å². The summed E-state index contributed by atoms with van der Waals surface area (Å²) in [6.07, 6.45) is 1.63. The Labute approximate surface area is 133 Å². The van der Waals surface area contributed by atoms with Crippen LogP contribution < -0.4 is 16.0 Å². The summed E-state index contributed by atoms with van der Waals surface area (Å²) >= 11 is 3.50. The van der Waals surface area contributed by atoms with E-state index in [9.17, 15) is 0 Å². The molecule has 3 N–H and O–H groups in total. The number of hydrazine groups is 1. The number of hydrogen-bond acceptors (Lipinski definition) is 4. The number of nitrogens with two attached hydrogens (primary N) is 1. The molecule has 2 rings (SSSR count). The molecule has 0 radical (unpaired) electrons. The largest absolute Gasteiger partial charge is 0.496 e. The number of hydrogen-bond donors (Lipinski definition) is 2. The van der Waals surface area contributed by atoms with Gasteiger partial charge in [-0.25, -0.2) is 0 Å². The van der Waals surface area contributed by atoms with E-state index in [4.69, 9.17) is 10.6 Å². The number of ether oxygens (including phenoxy) is 1. The van der Waals surface area contributed by atoms with Crippen molar-refractivity contribution < 1.29 is 4.74 Å². The van der Waals surface area contributed by atoms with Crippen LogP contribution in [0, 0.1) is 0 Å². The van der Waals surface area contributed by atoms with Crippen molar-refractivity contribution in [1.29, 1.82) is 0 Å². The molecule has 5 nitrogen and oxygen atoms in total. The lowest BCUT2D eigenvalue weighted by Crippen LogP contribution is -2.31. The van der Waals surface area contributed by atoms with Crippen molar-refractivity contribution in [3.05, 3.63) is 45.7 Å². The third-order valence-electron chi connectivity index (χ3n) is 3.55. The molecule has 21 heavy (non-hydrogen) atoms. The van der Waals surface area contributed by atoms with Gasteiger partial charge in [0.2, 0.25) is 0 Å². The lowest BCUT2D eigenvalue weighted by molar-refractivity contribution is 0.404. The smallest absolute Gasteiger partial charge is 0.122 e. The molecule has 0 aliphatic rings. The van der Waals surface area contributed by atoms with Crippen LogP contribution in [-0.2, 0) is 19.9 Å². The highest BCUT2D eigenvalue weighted by molar-refractivity contribution is 9.10.